The van der Waals surface area contributed by atoms with Crippen molar-refractivity contribution in [2.24, 2.45) is 0 Å². The summed E-state index contributed by atoms with van der Waals surface area (Å²) in [6, 6.07) is 0.457. The van der Waals surface area contributed by atoms with Crippen LogP contribution < -0.4 is 0 Å². The second-order valence-electron chi connectivity index (χ2n) is 3.40. The Morgan fingerprint density at radius 2 is 2.00 bits per heavy atom. The fourth-order valence-electron chi connectivity index (χ4n) is 1.63. The van der Waals surface area contributed by atoms with Gasteiger partial charge < -0.3 is 14.7 Å². The van der Waals surface area contributed by atoms with Gasteiger partial charge in [0, 0.05) is 6.04 Å². The lowest BCUT2D eigenvalue weighted by Crippen LogP contribution is -2.44. The highest BCUT2D eigenvalue weighted by Crippen LogP contribution is 2.20. The van der Waals surface area contributed by atoms with Crippen LogP contribution in [0, 0.1) is 0 Å². The van der Waals surface area contributed by atoms with Crippen LogP contribution in [-0.2, 0) is 4.74 Å². The van der Waals surface area contributed by atoms with E-state index in [1.807, 2.05) is 21.0 Å². The largest absolute Gasteiger partial charge is 0.368 e. The quantitative estimate of drug-likeness (QED) is 0.602. The molecule has 3 atom stereocenters. The van der Waals surface area contributed by atoms with Crippen molar-refractivity contribution in [3.05, 3.63) is 0 Å². The number of hydrogen-bond donors (Lipinski definition) is 1. The van der Waals surface area contributed by atoms with Crippen molar-refractivity contribution in [1.82, 2.24) is 4.90 Å². The minimum absolute atomic E-state index is 0.147. The molecule has 3 nitrogen and oxygen atoms in total. The Morgan fingerprint density at radius 3 is 2.45 bits per heavy atom. The number of likely N-dealkylation sites (N-methyl/N-ethyl adjacent to an activating group) is 1. The SMILES string of the molecule is C[C@@H]1O[C@H](O)CC[C@@H]1N(C)C. The molecule has 0 aromatic rings. The zero-order valence-corrected chi connectivity index (χ0v) is 7.45. The zero-order chi connectivity index (χ0) is 8.43. The van der Waals surface area contributed by atoms with E-state index in [0.717, 1.165) is 12.8 Å². The first kappa shape index (κ1) is 8.97. The van der Waals surface area contributed by atoms with Crippen molar-refractivity contribution in [3.63, 3.8) is 0 Å². The molecule has 0 unspecified atom stereocenters. The molecule has 1 rings (SSSR count). The van der Waals surface area contributed by atoms with Gasteiger partial charge in [0.1, 0.15) is 0 Å². The van der Waals surface area contributed by atoms with Crippen LogP contribution in [0.25, 0.3) is 0 Å². The van der Waals surface area contributed by atoms with Crippen LogP contribution in [0.4, 0.5) is 0 Å². The van der Waals surface area contributed by atoms with Gasteiger partial charge in [-0.15, -0.1) is 0 Å². The lowest BCUT2D eigenvalue weighted by molar-refractivity contribution is -0.177. The molecule has 0 radical (unpaired) electrons. The maximum atomic E-state index is 9.14. The highest BCUT2D eigenvalue weighted by Gasteiger charge is 2.27. The van der Waals surface area contributed by atoms with Crippen LogP contribution in [0.3, 0.4) is 0 Å². The van der Waals surface area contributed by atoms with Crippen LogP contribution >= 0.6 is 0 Å². The molecule has 1 saturated heterocycles. The third-order valence-corrected chi connectivity index (χ3v) is 2.29. The maximum Gasteiger partial charge on any atom is 0.155 e. The van der Waals surface area contributed by atoms with E-state index >= 15 is 0 Å². The topological polar surface area (TPSA) is 32.7 Å². The average Bonchev–Trinajstić information content (AvgIpc) is 1.85. The Labute approximate surface area is 68.0 Å². The number of aliphatic hydroxyl groups is 1. The third-order valence-electron chi connectivity index (χ3n) is 2.29. The third kappa shape index (κ3) is 2.15. The first-order chi connectivity index (χ1) is 5.11. The molecule has 1 aliphatic rings. The van der Waals surface area contributed by atoms with Crippen LogP contribution in [0.2, 0.25) is 0 Å². The summed E-state index contributed by atoms with van der Waals surface area (Å²) < 4.78 is 5.27. The van der Waals surface area contributed by atoms with E-state index in [4.69, 9.17) is 9.84 Å². The second kappa shape index (κ2) is 3.52. The molecule has 0 amide bonds. The van der Waals surface area contributed by atoms with Crippen molar-refractivity contribution in [1.29, 1.82) is 0 Å². The molecule has 3 heteroatoms. The summed E-state index contributed by atoms with van der Waals surface area (Å²) in [5.74, 6) is 0. The molecule has 0 bridgehead atoms. The average molecular weight is 159 g/mol. The summed E-state index contributed by atoms with van der Waals surface area (Å²) in [7, 11) is 4.09. The van der Waals surface area contributed by atoms with Gasteiger partial charge in [-0.1, -0.05) is 0 Å². The van der Waals surface area contributed by atoms with Gasteiger partial charge in [0.2, 0.25) is 0 Å². The molecule has 0 saturated carbocycles. The second-order valence-corrected chi connectivity index (χ2v) is 3.40. The van der Waals surface area contributed by atoms with E-state index in [9.17, 15) is 0 Å². The molecular formula is C8H17NO2. The predicted molar refractivity (Wildman–Crippen MR) is 43.3 cm³/mol. The van der Waals surface area contributed by atoms with Crippen molar-refractivity contribution in [2.75, 3.05) is 14.1 Å². The fourth-order valence-corrected chi connectivity index (χ4v) is 1.63. The first-order valence-corrected chi connectivity index (χ1v) is 4.11. The number of rotatable bonds is 1. The van der Waals surface area contributed by atoms with Gasteiger partial charge in [0.05, 0.1) is 6.10 Å². The van der Waals surface area contributed by atoms with Gasteiger partial charge in [-0.25, -0.2) is 0 Å². The van der Waals surface area contributed by atoms with Gasteiger partial charge in [-0.2, -0.15) is 0 Å². The van der Waals surface area contributed by atoms with Gasteiger partial charge in [0.15, 0.2) is 6.29 Å². The molecule has 0 aromatic heterocycles. The molecule has 1 heterocycles. The molecule has 1 N–H and O–H groups in total. The Balaban J connectivity index is 2.44. The van der Waals surface area contributed by atoms with E-state index < -0.39 is 6.29 Å². The van der Waals surface area contributed by atoms with E-state index in [0.29, 0.717) is 6.04 Å². The lowest BCUT2D eigenvalue weighted by atomic mass is 10.0. The molecule has 1 fully saturated rings. The van der Waals surface area contributed by atoms with Crippen molar-refractivity contribution >= 4 is 0 Å². The summed E-state index contributed by atoms with van der Waals surface area (Å²) in [6.45, 7) is 2.01. The summed E-state index contributed by atoms with van der Waals surface area (Å²) in [5, 5.41) is 9.14. The minimum Gasteiger partial charge on any atom is -0.368 e. The monoisotopic (exact) mass is 159 g/mol. The molecule has 0 spiro atoms. The summed E-state index contributed by atoms with van der Waals surface area (Å²) >= 11 is 0. The van der Waals surface area contributed by atoms with E-state index in [-0.39, 0.29) is 6.10 Å². The normalized spacial score (nSPS) is 39.5. The molecule has 11 heavy (non-hydrogen) atoms. The Morgan fingerprint density at radius 1 is 1.36 bits per heavy atom. The summed E-state index contributed by atoms with van der Waals surface area (Å²) in [4.78, 5) is 2.15. The molecular weight excluding hydrogens is 142 g/mol. The smallest absolute Gasteiger partial charge is 0.155 e. The van der Waals surface area contributed by atoms with Crippen LogP contribution in [-0.4, -0.2) is 42.5 Å². The molecule has 1 aliphatic heterocycles. The van der Waals surface area contributed by atoms with Crippen molar-refractivity contribution in [2.45, 2.75) is 38.2 Å². The van der Waals surface area contributed by atoms with Gasteiger partial charge in [-0.3, -0.25) is 0 Å². The van der Waals surface area contributed by atoms with E-state index in [2.05, 4.69) is 4.90 Å². The van der Waals surface area contributed by atoms with Crippen molar-refractivity contribution < 1.29 is 9.84 Å². The van der Waals surface area contributed by atoms with Gasteiger partial charge in [0.25, 0.3) is 0 Å². The summed E-state index contributed by atoms with van der Waals surface area (Å²) in [5.41, 5.74) is 0. The fraction of sp³-hybridized carbons (Fsp3) is 1.00. The lowest BCUT2D eigenvalue weighted by Gasteiger charge is -2.36. The Kier molecular flexibility index (Phi) is 2.87. The standard InChI is InChI=1S/C8H17NO2/c1-6-7(9(2)3)4-5-8(10)11-6/h6-8,10H,4-5H2,1-3H3/t6-,7-,8-/m0/s1. The van der Waals surface area contributed by atoms with Crippen molar-refractivity contribution in [3.8, 4) is 0 Å². The number of nitrogens with zero attached hydrogens (tertiary/aromatic N) is 1. The summed E-state index contributed by atoms with van der Waals surface area (Å²) in [6.07, 6.45) is 1.39. The zero-order valence-electron chi connectivity index (χ0n) is 7.45. The van der Waals surface area contributed by atoms with E-state index in [1.54, 1.807) is 0 Å². The predicted octanol–water partition coefficient (Wildman–Crippen LogP) is 0.434. The molecule has 66 valence electrons. The highest BCUT2D eigenvalue weighted by molar-refractivity contribution is 4.77. The van der Waals surface area contributed by atoms with E-state index in [1.165, 1.54) is 0 Å². The number of hydrogen-bond acceptors (Lipinski definition) is 3. The highest BCUT2D eigenvalue weighted by atomic mass is 16.6. The number of ether oxygens (including phenoxy) is 1. The Hall–Kier alpha value is -0.120. The number of aliphatic hydroxyl groups excluding tert-OH is 1. The van der Waals surface area contributed by atoms with Gasteiger partial charge >= 0.3 is 0 Å². The molecule has 0 aliphatic carbocycles. The van der Waals surface area contributed by atoms with Crippen LogP contribution in [0.1, 0.15) is 19.8 Å². The van der Waals surface area contributed by atoms with Crippen LogP contribution in [0.5, 0.6) is 0 Å². The maximum absolute atomic E-state index is 9.14. The van der Waals surface area contributed by atoms with Crippen LogP contribution in [0.15, 0.2) is 0 Å². The molecule has 0 aromatic carbocycles. The van der Waals surface area contributed by atoms with Gasteiger partial charge in [-0.05, 0) is 33.9 Å². The Bertz CT molecular complexity index is 127. The first-order valence-electron chi connectivity index (χ1n) is 4.11. The minimum atomic E-state index is -0.541.